The van der Waals surface area contributed by atoms with Gasteiger partial charge >= 0.3 is 6.09 Å². The molecule has 1 aromatic carbocycles. The smallest absolute Gasteiger partial charge is 0.414 e. The Morgan fingerprint density at radius 2 is 2.00 bits per heavy atom. The quantitative estimate of drug-likeness (QED) is 0.538. The molecule has 2 amide bonds. The van der Waals surface area contributed by atoms with Gasteiger partial charge < -0.3 is 19.5 Å². The lowest BCUT2D eigenvalue weighted by atomic mass is 10.2. The molecule has 1 aromatic rings. The number of terminal acetylenes is 1. The van der Waals surface area contributed by atoms with Gasteiger partial charge in [-0.3, -0.25) is 14.3 Å². The van der Waals surface area contributed by atoms with Crippen LogP contribution in [0.4, 0.5) is 25.0 Å². The van der Waals surface area contributed by atoms with Gasteiger partial charge in [0.1, 0.15) is 18.4 Å². The number of carbonyl (C=O) groups excluding carboxylic acids is 2. The van der Waals surface area contributed by atoms with Gasteiger partial charge in [-0.1, -0.05) is 5.92 Å². The molecule has 30 heavy (non-hydrogen) atoms. The summed E-state index contributed by atoms with van der Waals surface area (Å²) in [4.78, 5) is 25.6. The number of cyclic esters (lactones) is 1. The van der Waals surface area contributed by atoms with Crippen molar-refractivity contribution in [2.24, 2.45) is 0 Å². The van der Waals surface area contributed by atoms with E-state index in [-0.39, 0.29) is 62.4 Å². The van der Waals surface area contributed by atoms with Crippen molar-refractivity contribution in [1.29, 1.82) is 0 Å². The molecule has 1 atom stereocenters. The van der Waals surface area contributed by atoms with Gasteiger partial charge in [-0.15, -0.1) is 6.42 Å². The maximum Gasteiger partial charge on any atom is 0.414 e. The molecule has 2 heterocycles. The Hall–Kier alpha value is -2.63. The van der Waals surface area contributed by atoms with Crippen LogP contribution in [0.3, 0.4) is 0 Å². The van der Waals surface area contributed by atoms with E-state index in [9.17, 15) is 22.9 Å². The molecule has 0 spiro atoms. The summed E-state index contributed by atoms with van der Waals surface area (Å²) in [5, 5.41) is 2.53. The molecule has 2 saturated heterocycles. The number of amides is 2. The summed E-state index contributed by atoms with van der Waals surface area (Å²) in [7, 11) is -2.90. The minimum atomic E-state index is -2.90. The number of carbonyl (C=O) groups is 2. The number of nitrogens with one attached hydrogen (secondary N) is 1. The third-order valence-electron chi connectivity index (χ3n) is 4.89. The number of rotatable bonds is 6. The van der Waals surface area contributed by atoms with Crippen molar-refractivity contribution in [2.75, 3.05) is 54.9 Å². The van der Waals surface area contributed by atoms with Crippen LogP contribution in [-0.2, 0) is 18.6 Å². The topological polar surface area (TPSA) is 88.2 Å². The molecule has 2 fully saturated rings. The second kappa shape index (κ2) is 9.02. The first-order valence-corrected chi connectivity index (χ1v) is 11.3. The predicted octanol–water partition coefficient (Wildman–Crippen LogP) is 2.17. The first-order chi connectivity index (χ1) is 14.2. The number of benzene rings is 1. The molecule has 2 aliphatic rings. The lowest BCUT2D eigenvalue weighted by Crippen LogP contribution is -2.36. The van der Waals surface area contributed by atoms with Gasteiger partial charge in [0.25, 0.3) is 0 Å². The summed E-state index contributed by atoms with van der Waals surface area (Å²) < 4.78 is 52.4. The summed E-state index contributed by atoms with van der Waals surface area (Å²) in [5.74, 6) is 0.301. The normalized spacial score (nSPS) is 20.6. The fourth-order valence-corrected chi connectivity index (χ4v) is 5.27. The predicted molar refractivity (Wildman–Crippen MR) is 107 cm³/mol. The average Bonchev–Trinajstić information content (AvgIpc) is 3.06. The standard InChI is InChI=1S/C19H22F2N3O5P/c1-3-6-28-30(27)7-4-23(5-8-30)18-16(20)9-14(10-17(18)21)24-12-15(29-19(24)26)11-22-13(2)25/h1,9-10,15H,4-8,11-12H2,2H3,(H,22,25)/t15-/m0/s1. The Labute approximate surface area is 172 Å². The molecular weight excluding hydrogens is 419 g/mol. The fraction of sp³-hybridized carbons (Fsp3) is 0.474. The largest absolute Gasteiger partial charge is 0.442 e. The highest BCUT2D eigenvalue weighted by atomic mass is 31.2. The fourth-order valence-electron chi connectivity index (χ4n) is 3.38. The second-order valence-corrected chi connectivity index (χ2v) is 9.82. The van der Waals surface area contributed by atoms with Crippen LogP contribution in [0.1, 0.15) is 6.92 Å². The van der Waals surface area contributed by atoms with Crippen LogP contribution in [0.5, 0.6) is 0 Å². The molecule has 11 heteroatoms. The number of hydrogen-bond acceptors (Lipinski definition) is 6. The van der Waals surface area contributed by atoms with Crippen LogP contribution in [0.25, 0.3) is 0 Å². The van der Waals surface area contributed by atoms with E-state index in [1.807, 2.05) is 0 Å². The summed E-state index contributed by atoms with van der Waals surface area (Å²) in [6, 6.07) is 2.12. The third-order valence-corrected chi connectivity index (χ3v) is 7.25. The molecule has 0 aromatic heterocycles. The van der Waals surface area contributed by atoms with E-state index in [4.69, 9.17) is 15.7 Å². The molecule has 162 valence electrons. The van der Waals surface area contributed by atoms with Crippen LogP contribution in [0.15, 0.2) is 12.1 Å². The highest BCUT2D eigenvalue weighted by Gasteiger charge is 2.35. The Kier molecular flexibility index (Phi) is 6.64. The third kappa shape index (κ3) is 4.91. The summed E-state index contributed by atoms with van der Waals surface area (Å²) >= 11 is 0. The highest BCUT2D eigenvalue weighted by Crippen LogP contribution is 2.49. The van der Waals surface area contributed by atoms with Crippen molar-refractivity contribution in [1.82, 2.24) is 5.32 Å². The van der Waals surface area contributed by atoms with E-state index in [1.165, 1.54) is 11.8 Å². The number of nitrogens with zero attached hydrogens (tertiary/aromatic N) is 2. The summed E-state index contributed by atoms with van der Waals surface area (Å²) in [6.45, 7) is 1.73. The van der Waals surface area contributed by atoms with Crippen molar-refractivity contribution in [3.8, 4) is 12.3 Å². The van der Waals surface area contributed by atoms with Crippen molar-refractivity contribution >= 4 is 30.7 Å². The zero-order valence-corrected chi connectivity index (χ0v) is 17.3. The van der Waals surface area contributed by atoms with E-state index in [0.29, 0.717) is 0 Å². The maximum atomic E-state index is 14.8. The number of anilines is 2. The number of hydrogen-bond donors (Lipinski definition) is 1. The number of ether oxygens (including phenoxy) is 1. The van der Waals surface area contributed by atoms with Crippen LogP contribution < -0.4 is 15.1 Å². The minimum absolute atomic E-state index is 0.0177. The molecule has 0 aliphatic carbocycles. The van der Waals surface area contributed by atoms with E-state index in [1.54, 1.807) is 0 Å². The van der Waals surface area contributed by atoms with E-state index in [0.717, 1.165) is 17.0 Å². The number of halogens is 2. The summed E-state index contributed by atoms with van der Waals surface area (Å²) in [6.07, 6.45) is 4.02. The molecule has 0 saturated carbocycles. The van der Waals surface area contributed by atoms with Crippen LogP contribution in [0.2, 0.25) is 0 Å². The average molecular weight is 441 g/mol. The lowest BCUT2D eigenvalue weighted by molar-refractivity contribution is -0.119. The van der Waals surface area contributed by atoms with Gasteiger partial charge in [-0.2, -0.15) is 0 Å². The van der Waals surface area contributed by atoms with Crippen molar-refractivity contribution in [3.05, 3.63) is 23.8 Å². The van der Waals surface area contributed by atoms with Gasteiger partial charge in [0, 0.05) is 44.5 Å². The van der Waals surface area contributed by atoms with Crippen molar-refractivity contribution in [2.45, 2.75) is 13.0 Å². The zero-order chi connectivity index (χ0) is 21.9. The molecule has 0 unspecified atom stereocenters. The lowest BCUT2D eigenvalue weighted by Gasteiger charge is -2.33. The molecule has 0 radical (unpaired) electrons. The zero-order valence-electron chi connectivity index (χ0n) is 16.4. The van der Waals surface area contributed by atoms with Crippen molar-refractivity contribution in [3.63, 3.8) is 0 Å². The molecular formula is C19H22F2N3O5P. The SMILES string of the molecule is C#CCOP1(=O)CCN(c2c(F)cc(N3C[C@H](CNC(C)=O)OC3=O)cc2F)CC1. The first-order valence-electron chi connectivity index (χ1n) is 9.35. The van der Waals surface area contributed by atoms with E-state index >= 15 is 0 Å². The van der Waals surface area contributed by atoms with Gasteiger partial charge in [0.2, 0.25) is 13.3 Å². The Balaban J connectivity index is 1.71. The van der Waals surface area contributed by atoms with Crippen LogP contribution in [0, 0.1) is 24.0 Å². The van der Waals surface area contributed by atoms with Gasteiger partial charge in [-0.05, 0) is 0 Å². The van der Waals surface area contributed by atoms with Crippen molar-refractivity contribution < 1.29 is 32.2 Å². The maximum absolute atomic E-state index is 14.8. The van der Waals surface area contributed by atoms with Crippen LogP contribution in [-0.4, -0.2) is 63.2 Å². The molecule has 3 rings (SSSR count). The minimum Gasteiger partial charge on any atom is -0.442 e. The monoisotopic (exact) mass is 441 g/mol. The Morgan fingerprint density at radius 1 is 1.37 bits per heavy atom. The highest BCUT2D eigenvalue weighted by molar-refractivity contribution is 7.59. The van der Waals surface area contributed by atoms with E-state index in [2.05, 4.69) is 11.2 Å². The molecule has 0 bridgehead atoms. The van der Waals surface area contributed by atoms with Gasteiger partial charge in [0.15, 0.2) is 11.6 Å². The summed E-state index contributed by atoms with van der Waals surface area (Å²) in [5.41, 5.74) is -0.228. The van der Waals surface area contributed by atoms with Gasteiger partial charge in [0.05, 0.1) is 18.8 Å². The van der Waals surface area contributed by atoms with E-state index < -0.39 is 31.2 Å². The van der Waals surface area contributed by atoms with Gasteiger partial charge in [-0.25, -0.2) is 13.6 Å². The Bertz CT molecular complexity index is 900. The van der Waals surface area contributed by atoms with Crippen LogP contribution >= 0.6 is 7.37 Å². The Morgan fingerprint density at radius 3 is 2.57 bits per heavy atom. The first kappa shape index (κ1) is 22.1. The molecule has 1 N–H and O–H groups in total. The second-order valence-electron chi connectivity index (χ2n) is 7.04. The molecule has 8 nitrogen and oxygen atoms in total. The molecule has 2 aliphatic heterocycles.